The smallest absolute Gasteiger partial charge is 0.252 e. The van der Waals surface area contributed by atoms with Crippen LogP contribution in [-0.2, 0) is 4.74 Å². The third-order valence-corrected chi connectivity index (χ3v) is 3.23. The second kappa shape index (κ2) is 8.14. The van der Waals surface area contributed by atoms with Crippen molar-refractivity contribution in [2.24, 2.45) is 0 Å². The minimum absolute atomic E-state index is 0.213. The Balaban J connectivity index is 2.53. The molecule has 0 saturated carbocycles. The first kappa shape index (κ1) is 15.9. The molecule has 0 fully saturated rings. The standard InChI is InChI=1S/C13H18BrNO4/c1-18-8-9(16)5-6-15-13(17)11-7-10(19-2)3-4-12(11)14/h3-4,7,9,16H,5-6,8H2,1-2H3,(H,15,17). The largest absolute Gasteiger partial charge is 0.497 e. The summed E-state index contributed by atoms with van der Waals surface area (Å²) in [6.07, 6.45) is -0.125. The highest BCUT2D eigenvalue weighted by molar-refractivity contribution is 9.10. The minimum atomic E-state index is -0.570. The Kier molecular flexibility index (Phi) is 6.83. The number of hydrogen-bond donors (Lipinski definition) is 2. The molecule has 0 bridgehead atoms. The Labute approximate surface area is 121 Å². The van der Waals surface area contributed by atoms with Crippen molar-refractivity contribution < 1.29 is 19.4 Å². The maximum absolute atomic E-state index is 12.0. The van der Waals surface area contributed by atoms with E-state index in [1.807, 2.05) is 0 Å². The van der Waals surface area contributed by atoms with Gasteiger partial charge in [-0.05, 0) is 40.5 Å². The number of aliphatic hydroxyl groups excluding tert-OH is 1. The molecule has 2 N–H and O–H groups in total. The van der Waals surface area contributed by atoms with Crippen LogP contribution in [0.15, 0.2) is 22.7 Å². The first-order chi connectivity index (χ1) is 9.08. The van der Waals surface area contributed by atoms with Crippen molar-refractivity contribution in [3.8, 4) is 5.75 Å². The van der Waals surface area contributed by atoms with Gasteiger partial charge in [0, 0.05) is 18.1 Å². The van der Waals surface area contributed by atoms with Crippen LogP contribution >= 0.6 is 15.9 Å². The number of rotatable bonds is 7. The second-order valence-corrected chi connectivity index (χ2v) is 4.85. The number of halogens is 1. The lowest BCUT2D eigenvalue weighted by molar-refractivity contribution is 0.0587. The van der Waals surface area contributed by atoms with Crippen molar-refractivity contribution in [3.63, 3.8) is 0 Å². The number of aliphatic hydroxyl groups is 1. The maximum atomic E-state index is 12.0. The van der Waals surface area contributed by atoms with E-state index < -0.39 is 6.10 Å². The zero-order chi connectivity index (χ0) is 14.3. The van der Waals surface area contributed by atoms with Crippen molar-refractivity contribution >= 4 is 21.8 Å². The number of ether oxygens (including phenoxy) is 2. The SMILES string of the molecule is COCC(O)CCNC(=O)c1cc(OC)ccc1Br. The molecule has 0 heterocycles. The number of hydrogen-bond acceptors (Lipinski definition) is 4. The molecule has 1 atom stereocenters. The minimum Gasteiger partial charge on any atom is -0.497 e. The Hall–Kier alpha value is -1.11. The van der Waals surface area contributed by atoms with Gasteiger partial charge in [-0.1, -0.05) is 0 Å². The van der Waals surface area contributed by atoms with Gasteiger partial charge in [0.2, 0.25) is 0 Å². The Morgan fingerprint density at radius 3 is 2.84 bits per heavy atom. The molecule has 0 aliphatic rings. The number of carbonyl (C=O) groups excluding carboxylic acids is 1. The molecule has 19 heavy (non-hydrogen) atoms. The second-order valence-electron chi connectivity index (χ2n) is 4.00. The summed E-state index contributed by atoms with van der Waals surface area (Å²) < 4.78 is 10.6. The fourth-order valence-corrected chi connectivity index (χ4v) is 1.96. The number of carbonyl (C=O) groups is 1. The van der Waals surface area contributed by atoms with Gasteiger partial charge < -0.3 is 19.9 Å². The van der Waals surface area contributed by atoms with Crippen LogP contribution in [0.5, 0.6) is 5.75 Å². The average Bonchev–Trinajstić information content (AvgIpc) is 2.39. The van der Waals surface area contributed by atoms with Crippen LogP contribution in [0.1, 0.15) is 16.8 Å². The van der Waals surface area contributed by atoms with Gasteiger partial charge in [-0.2, -0.15) is 0 Å². The number of methoxy groups -OCH3 is 2. The summed E-state index contributed by atoms with van der Waals surface area (Å²) in [6, 6.07) is 5.18. The average molecular weight is 332 g/mol. The first-order valence-electron chi connectivity index (χ1n) is 5.87. The Bertz CT molecular complexity index is 425. The van der Waals surface area contributed by atoms with Gasteiger partial charge in [-0.3, -0.25) is 4.79 Å². The molecule has 1 amide bonds. The molecule has 1 rings (SSSR count). The van der Waals surface area contributed by atoms with E-state index in [4.69, 9.17) is 9.47 Å². The number of benzene rings is 1. The van der Waals surface area contributed by atoms with Crippen LogP contribution in [-0.4, -0.2) is 44.5 Å². The first-order valence-corrected chi connectivity index (χ1v) is 6.66. The molecule has 6 heteroatoms. The number of nitrogens with one attached hydrogen (secondary N) is 1. The molecular formula is C13H18BrNO4. The lowest BCUT2D eigenvalue weighted by atomic mass is 10.2. The molecule has 1 unspecified atom stereocenters. The summed E-state index contributed by atoms with van der Waals surface area (Å²) >= 11 is 3.32. The molecule has 0 aliphatic carbocycles. The number of amides is 1. The van der Waals surface area contributed by atoms with Crippen LogP contribution in [0.2, 0.25) is 0 Å². The molecule has 0 radical (unpaired) electrons. The van der Waals surface area contributed by atoms with E-state index in [1.165, 1.54) is 7.11 Å². The summed E-state index contributed by atoms with van der Waals surface area (Å²) in [5, 5.41) is 12.2. The summed E-state index contributed by atoms with van der Waals surface area (Å²) in [6.45, 7) is 0.645. The van der Waals surface area contributed by atoms with Crippen LogP contribution in [0.3, 0.4) is 0 Å². The fraction of sp³-hybridized carbons (Fsp3) is 0.462. The summed E-state index contributed by atoms with van der Waals surface area (Å²) in [5.74, 6) is 0.406. The topological polar surface area (TPSA) is 67.8 Å². The predicted molar refractivity (Wildman–Crippen MR) is 75.5 cm³/mol. The molecular weight excluding hydrogens is 314 g/mol. The third-order valence-electron chi connectivity index (χ3n) is 2.54. The molecule has 0 aliphatic heterocycles. The molecule has 1 aromatic rings. The summed E-state index contributed by atoms with van der Waals surface area (Å²) in [7, 11) is 3.07. The van der Waals surface area contributed by atoms with Crippen LogP contribution in [0, 0.1) is 0 Å². The maximum Gasteiger partial charge on any atom is 0.252 e. The van der Waals surface area contributed by atoms with Crippen molar-refractivity contribution in [1.29, 1.82) is 0 Å². The van der Waals surface area contributed by atoms with Crippen molar-refractivity contribution in [3.05, 3.63) is 28.2 Å². The Morgan fingerprint density at radius 1 is 1.47 bits per heavy atom. The Morgan fingerprint density at radius 2 is 2.21 bits per heavy atom. The van der Waals surface area contributed by atoms with Crippen molar-refractivity contribution in [1.82, 2.24) is 5.32 Å². The predicted octanol–water partition coefficient (Wildman–Crippen LogP) is 1.58. The zero-order valence-corrected chi connectivity index (χ0v) is 12.6. The van der Waals surface area contributed by atoms with Gasteiger partial charge in [0.15, 0.2) is 0 Å². The van der Waals surface area contributed by atoms with Crippen LogP contribution in [0.4, 0.5) is 0 Å². The van der Waals surface area contributed by atoms with E-state index >= 15 is 0 Å². The van der Waals surface area contributed by atoms with E-state index in [-0.39, 0.29) is 12.5 Å². The summed E-state index contributed by atoms with van der Waals surface area (Å²) in [4.78, 5) is 12.0. The van der Waals surface area contributed by atoms with E-state index in [2.05, 4.69) is 21.2 Å². The van der Waals surface area contributed by atoms with Crippen LogP contribution in [0.25, 0.3) is 0 Å². The molecule has 5 nitrogen and oxygen atoms in total. The van der Waals surface area contributed by atoms with Gasteiger partial charge in [-0.15, -0.1) is 0 Å². The van der Waals surface area contributed by atoms with E-state index in [0.717, 1.165) is 0 Å². The van der Waals surface area contributed by atoms with Gasteiger partial charge in [0.05, 0.1) is 25.4 Å². The van der Waals surface area contributed by atoms with Gasteiger partial charge in [-0.25, -0.2) is 0 Å². The van der Waals surface area contributed by atoms with Gasteiger partial charge >= 0.3 is 0 Å². The molecule has 1 aromatic carbocycles. The van der Waals surface area contributed by atoms with Crippen LogP contribution < -0.4 is 10.1 Å². The van der Waals surface area contributed by atoms with E-state index in [1.54, 1.807) is 25.3 Å². The van der Waals surface area contributed by atoms with E-state index in [9.17, 15) is 9.90 Å². The van der Waals surface area contributed by atoms with E-state index in [0.29, 0.717) is 28.8 Å². The highest BCUT2D eigenvalue weighted by atomic mass is 79.9. The third kappa shape index (κ3) is 5.18. The lowest BCUT2D eigenvalue weighted by Crippen LogP contribution is -2.28. The zero-order valence-electron chi connectivity index (χ0n) is 11.0. The molecule has 0 spiro atoms. The molecule has 106 valence electrons. The molecule has 0 saturated heterocycles. The quantitative estimate of drug-likeness (QED) is 0.796. The van der Waals surface area contributed by atoms with Gasteiger partial charge in [0.1, 0.15) is 5.75 Å². The normalized spacial score (nSPS) is 12.0. The van der Waals surface area contributed by atoms with Crippen molar-refractivity contribution in [2.75, 3.05) is 27.4 Å². The lowest BCUT2D eigenvalue weighted by Gasteiger charge is -2.11. The van der Waals surface area contributed by atoms with Crippen molar-refractivity contribution in [2.45, 2.75) is 12.5 Å². The fourth-order valence-electron chi connectivity index (χ4n) is 1.53. The highest BCUT2D eigenvalue weighted by Gasteiger charge is 2.11. The summed E-state index contributed by atoms with van der Waals surface area (Å²) in [5.41, 5.74) is 0.501. The van der Waals surface area contributed by atoms with Gasteiger partial charge in [0.25, 0.3) is 5.91 Å². The monoisotopic (exact) mass is 331 g/mol. The molecule has 0 aromatic heterocycles. The highest BCUT2D eigenvalue weighted by Crippen LogP contribution is 2.22.